The van der Waals surface area contributed by atoms with E-state index in [-0.39, 0.29) is 18.3 Å². The van der Waals surface area contributed by atoms with Gasteiger partial charge < -0.3 is 9.64 Å². The summed E-state index contributed by atoms with van der Waals surface area (Å²) in [6, 6.07) is 0.980. The fourth-order valence-electron chi connectivity index (χ4n) is 3.31. The van der Waals surface area contributed by atoms with Crippen molar-refractivity contribution in [2.24, 2.45) is 18.9 Å². The van der Waals surface area contributed by atoms with Crippen LogP contribution in [0.25, 0.3) is 0 Å². The zero-order valence-corrected chi connectivity index (χ0v) is 14.0. The fourth-order valence-corrected chi connectivity index (χ4v) is 3.31. The summed E-state index contributed by atoms with van der Waals surface area (Å²) >= 11 is 0. The molecule has 0 spiro atoms. The number of hydrogen-bond donors (Lipinski definition) is 0. The molecule has 1 aromatic heterocycles. The maximum absolute atomic E-state index is 12.6. The van der Waals surface area contributed by atoms with Gasteiger partial charge in [0.15, 0.2) is 5.69 Å². The van der Waals surface area contributed by atoms with Gasteiger partial charge in [0.2, 0.25) is 5.88 Å². The molecule has 2 heterocycles. The van der Waals surface area contributed by atoms with Crippen molar-refractivity contribution in [1.29, 1.82) is 0 Å². The number of likely N-dealkylation sites (tertiary alicyclic amines) is 1. The highest BCUT2D eigenvalue weighted by Gasteiger charge is 2.36. The highest BCUT2D eigenvalue weighted by atomic mass is 35.5. The molecule has 1 saturated heterocycles. The molecule has 2 fully saturated rings. The minimum Gasteiger partial charge on any atom is -0.478 e. The molecule has 1 aromatic rings. The monoisotopic (exact) mass is 353 g/mol. The van der Waals surface area contributed by atoms with Gasteiger partial charge in [0.25, 0.3) is 0 Å². The van der Waals surface area contributed by atoms with Gasteiger partial charge in [-0.3, -0.25) is 0 Å². The average Bonchev–Trinajstić information content (AvgIpc) is 3.04. The largest absolute Gasteiger partial charge is 0.478 e. The minimum atomic E-state index is -4.42. The van der Waals surface area contributed by atoms with Crippen molar-refractivity contribution in [1.82, 2.24) is 14.7 Å². The van der Waals surface area contributed by atoms with E-state index in [9.17, 15) is 13.2 Å². The van der Waals surface area contributed by atoms with Crippen LogP contribution in [0.3, 0.4) is 0 Å². The van der Waals surface area contributed by atoms with E-state index in [0.717, 1.165) is 23.7 Å². The van der Waals surface area contributed by atoms with Crippen molar-refractivity contribution in [2.45, 2.75) is 31.9 Å². The molecule has 0 unspecified atom stereocenters. The highest BCUT2D eigenvalue weighted by Crippen LogP contribution is 2.36. The Hall–Kier alpha value is -0.950. The van der Waals surface area contributed by atoms with Crippen molar-refractivity contribution in [2.75, 3.05) is 26.2 Å². The summed E-state index contributed by atoms with van der Waals surface area (Å²) in [7, 11) is 1.48. The number of aromatic nitrogens is 2. The van der Waals surface area contributed by atoms with Crippen LogP contribution in [0.2, 0.25) is 0 Å². The Bertz CT molecular complexity index is 515. The van der Waals surface area contributed by atoms with Crippen LogP contribution < -0.4 is 4.74 Å². The van der Waals surface area contributed by atoms with Gasteiger partial charge in [-0.15, -0.1) is 12.4 Å². The van der Waals surface area contributed by atoms with Crippen LogP contribution in [0.15, 0.2) is 6.07 Å². The second-order valence-electron chi connectivity index (χ2n) is 6.41. The first kappa shape index (κ1) is 18.4. The average molecular weight is 354 g/mol. The van der Waals surface area contributed by atoms with Crippen LogP contribution in [0.1, 0.15) is 31.4 Å². The summed E-state index contributed by atoms with van der Waals surface area (Å²) in [6.45, 7) is 3.95. The molecule has 3 rings (SSSR count). The zero-order valence-electron chi connectivity index (χ0n) is 13.2. The first-order chi connectivity index (χ1) is 10.4. The third-order valence-corrected chi connectivity index (χ3v) is 4.84. The molecular weight excluding hydrogens is 331 g/mol. The molecule has 8 heteroatoms. The van der Waals surface area contributed by atoms with Crippen molar-refractivity contribution >= 4 is 12.4 Å². The standard InChI is InChI=1S/C15H22F3N3O.ClH/c1-20-14(8-13(19-20)15(16,17)18)22-10-12-5-4-11(12)9-21-6-2-3-7-21;/h8,11-12H,2-7,9-10H2,1H3;1H/t11-,12+;/m1./s1. The third kappa shape index (κ3) is 4.32. The lowest BCUT2D eigenvalue weighted by Crippen LogP contribution is -2.39. The van der Waals surface area contributed by atoms with Crippen molar-refractivity contribution in [3.8, 4) is 5.88 Å². The van der Waals surface area contributed by atoms with E-state index in [0.29, 0.717) is 18.4 Å². The van der Waals surface area contributed by atoms with Gasteiger partial charge >= 0.3 is 6.18 Å². The van der Waals surface area contributed by atoms with Gasteiger partial charge in [0.1, 0.15) is 0 Å². The number of hydrogen-bond acceptors (Lipinski definition) is 3. The highest BCUT2D eigenvalue weighted by molar-refractivity contribution is 5.85. The number of ether oxygens (including phenoxy) is 1. The van der Waals surface area contributed by atoms with Crippen LogP contribution in [-0.2, 0) is 13.2 Å². The van der Waals surface area contributed by atoms with E-state index in [1.807, 2.05) is 0 Å². The summed E-state index contributed by atoms with van der Waals surface area (Å²) in [6.07, 6.45) is 0.437. The predicted octanol–water partition coefficient (Wildman–Crippen LogP) is 3.36. The van der Waals surface area contributed by atoms with E-state index in [4.69, 9.17) is 4.74 Å². The van der Waals surface area contributed by atoms with E-state index in [1.165, 1.54) is 39.4 Å². The minimum absolute atomic E-state index is 0. The van der Waals surface area contributed by atoms with E-state index >= 15 is 0 Å². The van der Waals surface area contributed by atoms with Crippen LogP contribution in [0, 0.1) is 11.8 Å². The SMILES string of the molecule is Cl.Cn1nc(C(F)(F)F)cc1OC[C@@H]1CC[C@@H]1CN1CCCC1. The van der Waals surface area contributed by atoms with Gasteiger partial charge in [-0.25, -0.2) is 4.68 Å². The molecule has 23 heavy (non-hydrogen) atoms. The lowest BCUT2D eigenvalue weighted by Gasteiger charge is -2.38. The summed E-state index contributed by atoms with van der Waals surface area (Å²) in [4.78, 5) is 2.49. The molecule has 0 amide bonds. The Morgan fingerprint density at radius 2 is 1.87 bits per heavy atom. The summed E-state index contributed by atoms with van der Waals surface area (Å²) in [5.74, 6) is 1.26. The van der Waals surface area contributed by atoms with Crippen LogP contribution in [-0.4, -0.2) is 40.9 Å². The molecule has 0 aromatic carbocycles. The Kier molecular flexibility index (Phi) is 5.84. The summed E-state index contributed by atoms with van der Waals surface area (Å²) in [5.41, 5.74) is -0.896. The van der Waals surface area contributed by atoms with Gasteiger partial charge in [0, 0.05) is 19.7 Å². The number of alkyl halides is 3. The predicted molar refractivity (Wildman–Crippen MR) is 82.8 cm³/mol. The van der Waals surface area contributed by atoms with Crippen molar-refractivity contribution < 1.29 is 17.9 Å². The Morgan fingerprint density at radius 1 is 1.22 bits per heavy atom. The number of halogens is 4. The second-order valence-corrected chi connectivity index (χ2v) is 6.41. The quantitative estimate of drug-likeness (QED) is 0.813. The maximum atomic E-state index is 12.6. The van der Waals surface area contributed by atoms with Crippen molar-refractivity contribution in [3.63, 3.8) is 0 Å². The van der Waals surface area contributed by atoms with E-state index < -0.39 is 11.9 Å². The molecule has 1 saturated carbocycles. The molecular formula is C15H23ClF3N3O. The lowest BCUT2D eigenvalue weighted by molar-refractivity contribution is -0.141. The second kappa shape index (κ2) is 7.30. The molecule has 2 atom stereocenters. The fraction of sp³-hybridized carbons (Fsp3) is 0.800. The summed E-state index contributed by atoms with van der Waals surface area (Å²) in [5, 5.41) is 3.46. The molecule has 132 valence electrons. The Labute approximate surface area is 140 Å². The topological polar surface area (TPSA) is 30.3 Å². The molecule has 0 N–H and O–H groups in total. The Morgan fingerprint density at radius 3 is 2.39 bits per heavy atom. The maximum Gasteiger partial charge on any atom is 0.435 e. The summed E-state index contributed by atoms with van der Waals surface area (Å²) < 4.78 is 44.6. The van der Waals surface area contributed by atoms with Gasteiger partial charge in [0.05, 0.1) is 6.61 Å². The van der Waals surface area contributed by atoms with Crippen LogP contribution in [0.5, 0.6) is 5.88 Å². The smallest absolute Gasteiger partial charge is 0.435 e. The molecule has 1 aliphatic carbocycles. The van der Waals surface area contributed by atoms with Crippen LogP contribution in [0.4, 0.5) is 13.2 Å². The van der Waals surface area contributed by atoms with Gasteiger partial charge in [-0.05, 0) is 50.6 Å². The van der Waals surface area contributed by atoms with Gasteiger partial charge in [-0.2, -0.15) is 18.3 Å². The first-order valence-corrected chi connectivity index (χ1v) is 7.90. The normalized spacial score (nSPS) is 25.0. The number of nitrogens with zero attached hydrogens (tertiary/aromatic N) is 3. The Balaban J connectivity index is 0.00000192. The molecule has 4 nitrogen and oxygen atoms in total. The lowest BCUT2D eigenvalue weighted by atomic mass is 9.74. The first-order valence-electron chi connectivity index (χ1n) is 7.90. The van der Waals surface area contributed by atoms with E-state index in [1.54, 1.807) is 0 Å². The van der Waals surface area contributed by atoms with Gasteiger partial charge in [-0.1, -0.05) is 0 Å². The molecule has 2 aliphatic rings. The number of aryl methyl sites for hydroxylation is 1. The third-order valence-electron chi connectivity index (χ3n) is 4.84. The van der Waals surface area contributed by atoms with Crippen molar-refractivity contribution in [3.05, 3.63) is 11.8 Å². The molecule has 0 radical (unpaired) electrons. The number of rotatable bonds is 5. The van der Waals surface area contributed by atoms with Crippen LogP contribution >= 0.6 is 12.4 Å². The zero-order chi connectivity index (χ0) is 15.7. The van der Waals surface area contributed by atoms with E-state index in [2.05, 4.69) is 10.00 Å². The molecule has 1 aliphatic heterocycles. The molecule has 0 bridgehead atoms.